The Kier molecular flexibility index (Phi) is 11.4. The maximum Gasteiger partial charge on any atom is 0.160 e. The van der Waals surface area contributed by atoms with Crippen LogP contribution in [0.5, 0.6) is 0 Å². The van der Waals surface area contributed by atoms with Crippen LogP contribution < -0.4 is 0 Å². The van der Waals surface area contributed by atoms with Crippen LogP contribution in [0.3, 0.4) is 0 Å². The summed E-state index contributed by atoms with van der Waals surface area (Å²) in [4.78, 5) is 15.6. The molecular formula is C75H49N5. The highest BCUT2D eigenvalue weighted by Crippen LogP contribution is 2.45. The van der Waals surface area contributed by atoms with Gasteiger partial charge in [0.2, 0.25) is 0 Å². The third-order valence-corrected chi connectivity index (χ3v) is 15.6. The fourth-order valence-corrected chi connectivity index (χ4v) is 11.8. The zero-order valence-electron chi connectivity index (χ0n) is 43.5. The molecule has 0 radical (unpaired) electrons. The largest absolute Gasteiger partial charge is 0.309 e. The van der Waals surface area contributed by atoms with Gasteiger partial charge in [0.05, 0.1) is 44.8 Å². The number of pyridine rings is 1. The zero-order valence-corrected chi connectivity index (χ0v) is 43.5. The molecule has 0 amide bonds. The Morgan fingerprint density at radius 3 is 0.975 bits per heavy atom. The van der Waals surface area contributed by atoms with Crippen LogP contribution in [0.2, 0.25) is 0 Å². The maximum absolute atomic E-state index is 5.39. The van der Waals surface area contributed by atoms with Crippen LogP contribution >= 0.6 is 0 Å². The lowest BCUT2D eigenvalue weighted by molar-refractivity contribution is 1.14. The normalized spacial score (nSPS) is 11.5. The second-order valence-electron chi connectivity index (χ2n) is 20.4. The van der Waals surface area contributed by atoms with Crippen molar-refractivity contribution >= 4 is 43.6 Å². The monoisotopic (exact) mass is 1020 g/mol. The Hall–Kier alpha value is -10.8. The summed E-state index contributed by atoms with van der Waals surface area (Å²) in [6.07, 6.45) is 3.97. The fraction of sp³-hybridized carbons (Fsp3) is 0. The summed E-state index contributed by atoms with van der Waals surface area (Å²) < 4.78 is 4.90. The van der Waals surface area contributed by atoms with Gasteiger partial charge in [-0.25, -0.2) is 9.97 Å². The summed E-state index contributed by atoms with van der Waals surface area (Å²) in [6, 6.07) is 102. The molecule has 0 unspecified atom stereocenters. The van der Waals surface area contributed by atoms with E-state index in [0.29, 0.717) is 5.82 Å². The predicted molar refractivity (Wildman–Crippen MR) is 332 cm³/mol. The SMILES string of the molecule is c1ccc(-c2ccc3c(c2)c2cc(-c4ccccc4)ccc2n3-c2ccncc2-c2cc(-c3cc(-c4ccccc4)nc(-c4ccccc4)n3)ccc2-n2c3ccc(-c4ccccc4)cc3c3cc(-c4ccccc4)ccc32)cc1. The molecule has 5 nitrogen and oxygen atoms in total. The number of hydrogen-bond donors (Lipinski definition) is 0. The number of aromatic nitrogens is 5. The highest BCUT2D eigenvalue weighted by Gasteiger charge is 2.24. The highest BCUT2D eigenvalue weighted by molar-refractivity contribution is 6.14. The van der Waals surface area contributed by atoms with Crippen molar-refractivity contribution in [1.29, 1.82) is 0 Å². The van der Waals surface area contributed by atoms with Crippen molar-refractivity contribution in [3.8, 4) is 101 Å². The molecule has 15 aromatic rings. The summed E-state index contributed by atoms with van der Waals surface area (Å²) in [5, 5.41) is 4.68. The lowest BCUT2D eigenvalue weighted by Gasteiger charge is -2.20. The Balaban J connectivity index is 1.02. The Bertz CT molecular complexity index is 4530. The number of rotatable bonds is 10. The van der Waals surface area contributed by atoms with E-state index >= 15 is 0 Å². The van der Waals surface area contributed by atoms with E-state index in [1.807, 2.05) is 36.7 Å². The molecule has 0 spiro atoms. The lowest BCUT2D eigenvalue weighted by Crippen LogP contribution is -2.03. The Morgan fingerprint density at radius 1 is 0.237 bits per heavy atom. The van der Waals surface area contributed by atoms with Crippen LogP contribution in [0, 0.1) is 0 Å². The molecule has 0 saturated heterocycles. The minimum absolute atomic E-state index is 0.663. The molecule has 80 heavy (non-hydrogen) atoms. The first-order valence-corrected chi connectivity index (χ1v) is 27.1. The minimum Gasteiger partial charge on any atom is -0.309 e. The minimum atomic E-state index is 0.663. The second-order valence-corrected chi connectivity index (χ2v) is 20.4. The molecule has 4 aromatic heterocycles. The van der Waals surface area contributed by atoms with Gasteiger partial charge in [-0.3, -0.25) is 4.98 Å². The fourth-order valence-electron chi connectivity index (χ4n) is 11.8. The van der Waals surface area contributed by atoms with Crippen LogP contribution in [-0.2, 0) is 0 Å². The van der Waals surface area contributed by atoms with Gasteiger partial charge >= 0.3 is 0 Å². The summed E-state index contributed by atoms with van der Waals surface area (Å²) >= 11 is 0. The van der Waals surface area contributed by atoms with Gasteiger partial charge in [0, 0.05) is 61.8 Å². The second kappa shape index (κ2) is 19.7. The van der Waals surface area contributed by atoms with Gasteiger partial charge in [-0.1, -0.05) is 212 Å². The van der Waals surface area contributed by atoms with E-state index in [1.54, 1.807) is 0 Å². The Labute approximate surface area is 463 Å². The van der Waals surface area contributed by atoms with Gasteiger partial charge in [0.25, 0.3) is 0 Å². The van der Waals surface area contributed by atoms with E-state index in [9.17, 15) is 0 Å². The molecule has 0 aliphatic heterocycles. The molecule has 15 rings (SSSR count). The molecule has 0 N–H and O–H groups in total. The third kappa shape index (κ3) is 8.24. The van der Waals surface area contributed by atoms with Crippen molar-refractivity contribution in [2.24, 2.45) is 0 Å². The first kappa shape index (κ1) is 46.5. The summed E-state index contributed by atoms with van der Waals surface area (Å²) in [5.41, 5.74) is 22.3. The van der Waals surface area contributed by atoms with Crippen LogP contribution in [0.1, 0.15) is 0 Å². The van der Waals surface area contributed by atoms with Crippen molar-refractivity contribution in [3.63, 3.8) is 0 Å². The van der Waals surface area contributed by atoms with E-state index < -0.39 is 0 Å². The topological polar surface area (TPSA) is 48.5 Å². The van der Waals surface area contributed by atoms with Crippen molar-refractivity contribution in [2.45, 2.75) is 0 Å². The van der Waals surface area contributed by atoms with Gasteiger partial charge < -0.3 is 9.13 Å². The summed E-state index contributed by atoms with van der Waals surface area (Å²) in [6.45, 7) is 0. The molecular weight excluding hydrogens is 971 g/mol. The van der Waals surface area contributed by atoms with Gasteiger partial charge in [0.15, 0.2) is 5.82 Å². The first-order chi connectivity index (χ1) is 39.7. The van der Waals surface area contributed by atoms with Gasteiger partial charge in [-0.2, -0.15) is 0 Å². The van der Waals surface area contributed by atoms with Crippen LogP contribution in [-0.4, -0.2) is 24.1 Å². The number of benzene rings is 11. The quantitative estimate of drug-likeness (QED) is 0.137. The van der Waals surface area contributed by atoms with E-state index in [2.05, 4.69) is 270 Å². The highest BCUT2D eigenvalue weighted by atomic mass is 15.0. The van der Waals surface area contributed by atoms with Crippen molar-refractivity contribution in [3.05, 3.63) is 298 Å². The smallest absolute Gasteiger partial charge is 0.160 e. The van der Waals surface area contributed by atoms with E-state index in [-0.39, 0.29) is 0 Å². The summed E-state index contributed by atoms with van der Waals surface area (Å²) in [7, 11) is 0. The predicted octanol–water partition coefficient (Wildman–Crippen LogP) is 19.4. The van der Waals surface area contributed by atoms with Crippen molar-refractivity contribution in [1.82, 2.24) is 24.1 Å². The molecule has 4 heterocycles. The molecule has 374 valence electrons. The van der Waals surface area contributed by atoms with E-state index in [0.717, 1.165) is 83.8 Å². The van der Waals surface area contributed by atoms with Crippen LogP contribution in [0.25, 0.3) is 145 Å². The molecule has 0 atom stereocenters. The number of nitrogens with zero attached hydrogens (tertiary/aromatic N) is 5. The molecule has 0 bridgehead atoms. The standard InChI is InChI=1S/C75H49N5/c1-7-19-50(20-8-1)56-31-36-69-61(43-56)62-44-57(51-21-9-2-10-22-51)32-37-70(62)79(69)73-40-35-60(68-48-67(54-27-15-5-16-28-54)77-75(78-68)55-29-17-6-18-30-55)47-65(73)66-49-76-42-41-74(66)80-71-38-33-58(52-23-11-3-12-24-52)45-63(71)64-46-59(34-39-72(64)80)53-25-13-4-14-26-53/h1-49H. The van der Waals surface area contributed by atoms with E-state index in [4.69, 9.17) is 15.0 Å². The molecule has 0 saturated carbocycles. The Morgan fingerprint density at radius 2 is 0.575 bits per heavy atom. The van der Waals surface area contributed by atoms with Crippen molar-refractivity contribution in [2.75, 3.05) is 0 Å². The van der Waals surface area contributed by atoms with Crippen molar-refractivity contribution < 1.29 is 0 Å². The molecule has 0 aliphatic rings. The average molecular weight is 1020 g/mol. The van der Waals surface area contributed by atoms with Crippen LogP contribution in [0.15, 0.2) is 298 Å². The summed E-state index contributed by atoms with van der Waals surface area (Å²) in [5.74, 6) is 0.663. The number of hydrogen-bond acceptors (Lipinski definition) is 3. The number of fused-ring (bicyclic) bond motifs is 6. The lowest BCUT2D eigenvalue weighted by atomic mass is 9.97. The zero-order chi connectivity index (χ0) is 52.9. The maximum atomic E-state index is 5.39. The van der Waals surface area contributed by atoms with E-state index in [1.165, 1.54) is 54.9 Å². The van der Waals surface area contributed by atoms with Gasteiger partial charge in [-0.15, -0.1) is 0 Å². The molecule has 0 aliphatic carbocycles. The third-order valence-electron chi connectivity index (χ3n) is 15.6. The molecule has 0 fully saturated rings. The van der Waals surface area contributed by atoms with Gasteiger partial charge in [0.1, 0.15) is 0 Å². The van der Waals surface area contributed by atoms with Crippen LogP contribution in [0.4, 0.5) is 0 Å². The first-order valence-electron chi connectivity index (χ1n) is 27.1. The molecule has 5 heteroatoms. The average Bonchev–Trinajstić information content (AvgIpc) is 4.23. The van der Waals surface area contributed by atoms with Gasteiger partial charge in [-0.05, 0) is 117 Å². The molecule has 11 aromatic carbocycles.